The van der Waals surface area contributed by atoms with E-state index in [0.717, 1.165) is 0 Å². The lowest BCUT2D eigenvalue weighted by Crippen LogP contribution is -2.22. The molecule has 1 rings (SSSR count). The monoisotopic (exact) mass is 181 g/mol. The van der Waals surface area contributed by atoms with Crippen molar-refractivity contribution in [3.05, 3.63) is 16.6 Å². The van der Waals surface area contributed by atoms with Crippen LogP contribution in [0.1, 0.15) is 27.2 Å². The van der Waals surface area contributed by atoms with Crippen LogP contribution in [0.5, 0.6) is 0 Å². The van der Waals surface area contributed by atoms with E-state index in [1.54, 1.807) is 0 Å². The number of carbonyl (C=O) groups excluding carboxylic acids is 1. The Labute approximate surface area is 78.2 Å². The third-order valence-electron chi connectivity index (χ3n) is 3.09. The van der Waals surface area contributed by atoms with Gasteiger partial charge in [-0.15, -0.1) is 4.91 Å². The summed E-state index contributed by atoms with van der Waals surface area (Å²) in [5.41, 5.74) is 0.591. The van der Waals surface area contributed by atoms with Crippen LogP contribution in [0.15, 0.2) is 16.8 Å². The molecule has 0 radical (unpaired) electrons. The summed E-state index contributed by atoms with van der Waals surface area (Å²) in [5.74, 6) is 0.805. The average molecular weight is 181 g/mol. The molecule has 0 N–H and O–H groups in total. The zero-order valence-corrected chi connectivity index (χ0v) is 8.28. The van der Waals surface area contributed by atoms with E-state index in [9.17, 15) is 9.70 Å². The van der Waals surface area contributed by atoms with Crippen LogP contribution in [0.25, 0.3) is 0 Å². The minimum absolute atomic E-state index is 0.365. The number of rotatable bonds is 1. The Morgan fingerprint density at radius 1 is 1.46 bits per heavy atom. The Morgan fingerprint density at radius 3 is 2.54 bits per heavy atom. The molecule has 0 spiro atoms. The number of hydrogen-bond donors (Lipinski definition) is 0. The quantitative estimate of drug-likeness (QED) is 0.583. The Kier molecular flexibility index (Phi) is 2.96. The summed E-state index contributed by atoms with van der Waals surface area (Å²) >= 11 is 0. The highest BCUT2D eigenvalue weighted by Crippen LogP contribution is 2.33. The van der Waals surface area contributed by atoms with Gasteiger partial charge in [0.15, 0.2) is 0 Å². The van der Waals surface area contributed by atoms with Gasteiger partial charge < -0.3 is 0 Å². The number of nitroso groups, excluding NO2 is 1. The highest BCUT2D eigenvalue weighted by Gasteiger charge is 2.27. The molecule has 3 atom stereocenters. The molecule has 0 heterocycles. The second-order valence-electron chi connectivity index (χ2n) is 3.99. The number of carbonyl (C=O) groups is 1. The summed E-state index contributed by atoms with van der Waals surface area (Å²) in [6.45, 7) is 6.34. The minimum Gasteiger partial charge on any atom is -0.264 e. The second kappa shape index (κ2) is 3.81. The molecule has 0 aromatic carbocycles. The molecule has 0 saturated heterocycles. The highest BCUT2D eigenvalue weighted by atomic mass is 16.3. The van der Waals surface area contributed by atoms with Crippen molar-refractivity contribution in [2.75, 3.05) is 0 Å². The standard InChI is InChI=1S/C10H15NO2/c1-6-4-9(10(12)11-13)5-7(2)8(6)3/h4,6-8H,5H2,1-3H3/t6-,7-,8-/m1/s1. The lowest BCUT2D eigenvalue weighted by molar-refractivity contribution is -0.114. The van der Waals surface area contributed by atoms with E-state index in [1.807, 2.05) is 6.08 Å². The minimum atomic E-state index is -0.592. The largest absolute Gasteiger partial charge is 0.312 e. The van der Waals surface area contributed by atoms with Crippen LogP contribution >= 0.6 is 0 Å². The van der Waals surface area contributed by atoms with Gasteiger partial charge in [0.05, 0.1) is 0 Å². The van der Waals surface area contributed by atoms with E-state index in [2.05, 4.69) is 25.9 Å². The van der Waals surface area contributed by atoms with Crippen LogP contribution < -0.4 is 0 Å². The number of hydrogen-bond acceptors (Lipinski definition) is 2. The Hall–Kier alpha value is -0.990. The van der Waals surface area contributed by atoms with Gasteiger partial charge in [-0.25, -0.2) is 0 Å². The van der Waals surface area contributed by atoms with Crippen LogP contribution in [-0.2, 0) is 4.79 Å². The molecule has 0 aromatic rings. The lowest BCUT2D eigenvalue weighted by Gasteiger charge is -2.29. The molecule has 3 nitrogen and oxygen atoms in total. The van der Waals surface area contributed by atoms with Crippen LogP contribution in [0.4, 0.5) is 0 Å². The molecule has 0 fully saturated rings. The molecular weight excluding hydrogens is 166 g/mol. The van der Waals surface area contributed by atoms with Crippen LogP contribution in [0, 0.1) is 22.7 Å². The number of allylic oxidation sites excluding steroid dienone is 1. The predicted octanol–water partition coefficient (Wildman–Crippen LogP) is 2.52. The van der Waals surface area contributed by atoms with Crippen LogP contribution in [0.3, 0.4) is 0 Å². The Morgan fingerprint density at radius 2 is 2.08 bits per heavy atom. The fraction of sp³-hybridized carbons (Fsp3) is 0.700. The second-order valence-corrected chi connectivity index (χ2v) is 3.99. The molecule has 0 bridgehead atoms. The van der Waals surface area contributed by atoms with E-state index < -0.39 is 5.91 Å². The maximum Gasteiger partial charge on any atom is 0.312 e. The summed E-state index contributed by atoms with van der Waals surface area (Å²) in [7, 11) is 0. The van der Waals surface area contributed by atoms with E-state index in [0.29, 0.717) is 29.7 Å². The van der Waals surface area contributed by atoms with E-state index in [1.165, 1.54) is 0 Å². The fourth-order valence-corrected chi connectivity index (χ4v) is 1.81. The van der Waals surface area contributed by atoms with Crippen molar-refractivity contribution in [2.24, 2.45) is 22.9 Å². The molecule has 1 aliphatic carbocycles. The third-order valence-corrected chi connectivity index (χ3v) is 3.09. The lowest BCUT2D eigenvalue weighted by atomic mass is 9.76. The van der Waals surface area contributed by atoms with E-state index in [-0.39, 0.29) is 0 Å². The first-order chi connectivity index (χ1) is 6.06. The third kappa shape index (κ3) is 2.02. The molecular formula is C10H15NO2. The van der Waals surface area contributed by atoms with Gasteiger partial charge in [-0.1, -0.05) is 26.8 Å². The molecule has 3 heteroatoms. The SMILES string of the molecule is C[C@@H]1[C@H](C)C=C(C(=O)N=O)C[C@H]1C. The summed E-state index contributed by atoms with van der Waals surface area (Å²) in [5, 5.41) is 2.45. The average Bonchev–Trinajstić information content (AvgIpc) is 2.12. The molecule has 0 aromatic heterocycles. The maximum atomic E-state index is 11.0. The topological polar surface area (TPSA) is 46.5 Å². The maximum absolute atomic E-state index is 11.0. The molecule has 1 amide bonds. The van der Waals surface area contributed by atoms with Gasteiger partial charge in [0.2, 0.25) is 0 Å². The summed E-state index contributed by atoms with van der Waals surface area (Å²) in [6.07, 6.45) is 2.57. The zero-order chi connectivity index (χ0) is 10.0. The van der Waals surface area contributed by atoms with Gasteiger partial charge in [0, 0.05) is 10.7 Å². The van der Waals surface area contributed by atoms with Gasteiger partial charge in [-0.3, -0.25) is 4.79 Å². The van der Waals surface area contributed by atoms with Gasteiger partial charge in [-0.2, -0.15) is 0 Å². The van der Waals surface area contributed by atoms with Crippen LogP contribution in [-0.4, -0.2) is 5.91 Å². The predicted molar refractivity (Wildman–Crippen MR) is 51.0 cm³/mol. The van der Waals surface area contributed by atoms with Gasteiger partial charge in [0.25, 0.3) is 0 Å². The van der Waals surface area contributed by atoms with Crippen molar-refractivity contribution in [3.63, 3.8) is 0 Å². The fourth-order valence-electron chi connectivity index (χ4n) is 1.81. The molecule has 0 unspecified atom stereocenters. The van der Waals surface area contributed by atoms with Crippen molar-refractivity contribution in [2.45, 2.75) is 27.2 Å². The van der Waals surface area contributed by atoms with Crippen molar-refractivity contribution in [3.8, 4) is 0 Å². The number of amides is 1. The van der Waals surface area contributed by atoms with E-state index in [4.69, 9.17) is 0 Å². The summed E-state index contributed by atoms with van der Waals surface area (Å²) in [4.78, 5) is 21.1. The molecule has 13 heavy (non-hydrogen) atoms. The van der Waals surface area contributed by atoms with Crippen molar-refractivity contribution in [1.82, 2.24) is 0 Å². The first-order valence-corrected chi connectivity index (χ1v) is 4.64. The molecule has 1 aliphatic rings. The summed E-state index contributed by atoms with van der Waals surface area (Å²) in [6, 6.07) is 0. The first-order valence-electron chi connectivity index (χ1n) is 4.64. The zero-order valence-electron chi connectivity index (χ0n) is 8.28. The molecule has 72 valence electrons. The Bertz CT molecular complexity index is 258. The Balaban J connectivity index is 2.84. The molecule has 0 saturated carbocycles. The van der Waals surface area contributed by atoms with Gasteiger partial charge >= 0.3 is 5.91 Å². The summed E-state index contributed by atoms with van der Waals surface area (Å²) < 4.78 is 0. The smallest absolute Gasteiger partial charge is 0.264 e. The highest BCUT2D eigenvalue weighted by molar-refractivity contribution is 5.94. The first kappa shape index (κ1) is 10.1. The van der Waals surface area contributed by atoms with Crippen LogP contribution in [0.2, 0.25) is 0 Å². The van der Waals surface area contributed by atoms with Gasteiger partial charge in [0.1, 0.15) is 0 Å². The van der Waals surface area contributed by atoms with Crippen molar-refractivity contribution in [1.29, 1.82) is 0 Å². The number of nitrogens with zero attached hydrogens (tertiary/aromatic N) is 1. The normalized spacial score (nSPS) is 33.8. The van der Waals surface area contributed by atoms with E-state index >= 15 is 0 Å². The van der Waals surface area contributed by atoms with Crippen molar-refractivity contribution < 1.29 is 4.79 Å². The van der Waals surface area contributed by atoms with Gasteiger partial charge in [-0.05, 0) is 24.2 Å². The van der Waals surface area contributed by atoms with Crippen molar-refractivity contribution >= 4 is 5.91 Å². The molecule has 0 aliphatic heterocycles.